The highest BCUT2D eigenvalue weighted by molar-refractivity contribution is 9.10. The smallest absolute Gasteiger partial charge is 0.268 e. The minimum atomic E-state index is -0.225. The summed E-state index contributed by atoms with van der Waals surface area (Å²) in [5.74, 6) is 0.155. The van der Waals surface area contributed by atoms with Gasteiger partial charge in [-0.2, -0.15) is 0 Å². The largest absolute Gasteiger partial charge is 0.306 e. The van der Waals surface area contributed by atoms with Gasteiger partial charge in [0.1, 0.15) is 22.2 Å². The van der Waals surface area contributed by atoms with Crippen molar-refractivity contribution in [2.75, 3.05) is 5.32 Å². The van der Waals surface area contributed by atoms with Crippen LogP contribution in [0.5, 0.6) is 0 Å². The van der Waals surface area contributed by atoms with Crippen LogP contribution in [-0.4, -0.2) is 15.9 Å². The van der Waals surface area contributed by atoms with Gasteiger partial charge in [0, 0.05) is 10.5 Å². The van der Waals surface area contributed by atoms with Crippen molar-refractivity contribution < 1.29 is 4.79 Å². The molecule has 0 saturated carbocycles. The van der Waals surface area contributed by atoms with E-state index in [9.17, 15) is 4.79 Å². The molecule has 0 aliphatic heterocycles. The monoisotopic (exact) mass is 317 g/mol. The Morgan fingerprint density at radius 3 is 2.94 bits per heavy atom. The van der Waals surface area contributed by atoms with Crippen molar-refractivity contribution >= 4 is 50.6 Å². The first-order valence-electron chi connectivity index (χ1n) is 4.18. The van der Waals surface area contributed by atoms with Gasteiger partial charge in [0.2, 0.25) is 0 Å². The van der Waals surface area contributed by atoms with E-state index in [0.29, 0.717) is 10.7 Å². The predicted molar refractivity (Wildman–Crippen MR) is 67.0 cm³/mol. The number of nitrogens with zero attached hydrogens (tertiary/aromatic N) is 2. The van der Waals surface area contributed by atoms with Crippen molar-refractivity contribution in [1.29, 1.82) is 0 Å². The second-order valence-electron chi connectivity index (χ2n) is 2.78. The molecule has 0 aliphatic carbocycles. The lowest BCUT2D eigenvalue weighted by molar-refractivity contribution is 0.102. The lowest BCUT2D eigenvalue weighted by Gasteiger charge is -2.02. The second kappa shape index (κ2) is 4.90. The van der Waals surface area contributed by atoms with Gasteiger partial charge in [-0.1, -0.05) is 11.6 Å². The third-order valence-corrected chi connectivity index (χ3v) is 3.74. The van der Waals surface area contributed by atoms with E-state index in [1.54, 1.807) is 0 Å². The van der Waals surface area contributed by atoms with Crippen molar-refractivity contribution in [2.45, 2.75) is 0 Å². The van der Waals surface area contributed by atoms with E-state index >= 15 is 0 Å². The fourth-order valence-corrected chi connectivity index (χ4v) is 2.62. The van der Waals surface area contributed by atoms with Crippen LogP contribution in [0.25, 0.3) is 0 Å². The van der Waals surface area contributed by atoms with Gasteiger partial charge in [0.05, 0.1) is 0 Å². The van der Waals surface area contributed by atoms with Crippen LogP contribution < -0.4 is 5.32 Å². The Morgan fingerprint density at radius 2 is 2.31 bits per heavy atom. The van der Waals surface area contributed by atoms with Crippen molar-refractivity contribution in [3.8, 4) is 0 Å². The van der Waals surface area contributed by atoms with Crippen LogP contribution >= 0.6 is 38.9 Å². The van der Waals surface area contributed by atoms with Gasteiger partial charge >= 0.3 is 0 Å². The first-order valence-corrected chi connectivity index (χ1v) is 6.24. The van der Waals surface area contributed by atoms with Gasteiger partial charge in [-0.25, -0.2) is 9.97 Å². The minimum Gasteiger partial charge on any atom is -0.306 e. The van der Waals surface area contributed by atoms with Gasteiger partial charge in [-0.15, -0.1) is 11.3 Å². The number of rotatable bonds is 2. The molecule has 0 fully saturated rings. The number of hydrogen-bond donors (Lipinski definition) is 1. The molecule has 0 radical (unpaired) electrons. The third-order valence-electron chi connectivity index (χ3n) is 1.70. The summed E-state index contributed by atoms with van der Waals surface area (Å²) in [6.07, 6.45) is 1.29. The zero-order chi connectivity index (χ0) is 11.5. The molecule has 7 heteroatoms. The maximum absolute atomic E-state index is 11.8. The summed E-state index contributed by atoms with van der Waals surface area (Å²) >= 11 is 10.3. The summed E-state index contributed by atoms with van der Waals surface area (Å²) in [4.78, 5) is 20.0. The summed E-state index contributed by atoms with van der Waals surface area (Å²) < 4.78 is 0.759. The van der Waals surface area contributed by atoms with Crippen LogP contribution in [-0.2, 0) is 0 Å². The summed E-state index contributed by atoms with van der Waals surface area (Å²) in [5, 5.41) is 4.74. The summed E-state index contributed by atoms with van der Waals surface area (Å²) in [6.45, 7) is 0. The topological polar surface area (TPSA) is 54.9 Å². The molecule has 0 bridgehead atoms. The average Bonchev–Trinajstić information content (AvgIpc) is 2.64. The fraction of sp³-hybridized carbons (Fsp3) is 0. The molecule has 16 heavy (non-hydrogen) atoms. The number of anilines is 1. The molecule has 0 aliphatic rings. The molecule has 2 aromatic rings. The number of amides is 1. The van der Waals surface area contributed by atoms with Crippen molar-refractivity contribution in [1.82, 2.24) is 9.97 Å². The minimum absolute atomic E-state index is 0.225. The number of thiophene rings is 1. The Kier molecular flexibility index (Phi) is 3.52. The molecular weight excluding hydrogens is 314 g/mol. The molecule has 82 valence electrons. The Labute approximate surface area is 109 Å². The summed E-state index contributed by atoms with van der Waals surface area (Å²) in [5.41, 5.74) is 0. The number of nitrogens with one attached hydrogen (secondary N) is 1. The maximum Gasteiger partial charge on any atom is 0.268 e. The van der Waals surface area contributed by atoms with Crippen LogP contribution in [0.15, 0.2) is 28.3 Å². The summed E-state index contributed by atoms with van der Waals surface area (Å²) in [6, 6.07) is 3.30. The number of carbonyl (C=O) groups is 1. The zero-order valence-corrected chi connectivity index (χ0v) is 10.9. The highest BCUT2D eigenvalue weighted by Crippen LogP contribution is 2.23. The van der Waals surface area contributed by atoms with Gasteiger partial charge in [0.15, 0.2) is 0 Å². The van der Waals surface area contributed by atoms with Gasteiger partial charge < -0.3 is 5.32 Å². The van der Waals surface area contributed by atoms with Crippen LogP contribution in [0.3, 0.4) is 0 Å². The maximum atomic E-state index is 11.8. The highest BCUT2D eigenvalue weighted by atomic mass is 79.9. The van der Waals surface area contributed by atoms with Crippen LogP contribution in [0.2, 0.25) is 5.15 Å². The van der Waals surface area contributed by atoms with Crippen molar-refractivity contribution in [3.05, 3.63) is 38.3 Å². The Bertz CT molecular complexity index is 531. The molecule has 0 unspecified atom stereocenters. The zero-order valence-electron chi connectivity index (χ0n) is 7.78. The lowest BCUT2D eigenvalue weighted by atomic mass is 10.4. The SMILES string of the molecule is O=C(Nc1cc(Cl)ncn1)c1sccc1Br. The molecule has 4 nitrogen and oxygen atoms in total. The molecule has 0 atom stereocenters. The molecule has 0 saturated heterocycles. The van der Waals surface area contributed by atoms with E-state index in [2.05, 4.69) is 31.2 Å². The van der Waals surface area contributed by atoms with Crippen LogP contribution in [0, 0.1) is 0 Å². The van der Waals surface area contributed by atoms with Gasteiger partial charge in [-0.05, 0) is 27.4 Å². The Morgan fingerprint density at radius 1 is 1.50 bits per heavy atom. The number of halogens is 2. The van der Waals surface area contributed by atoms with Crippen LogP contribution in [0.4, 0.5) is 5.82 Å². The van der Waals surface area contributed by atoms with Gasteiger partial charge in [0.25, 0.3) is 5.91 Å². The number of carbonyl (C=O) groups excluding carboxylic acids is 1. The van der Waals surface area contributed by atoms with E-state index in [1.807, 2.05) is 11.4 Å². The van der Waals surface area contributed by atoms with Gasteiger partial charge in [-0.3, -0.25) is 4.79 Å². The fourth-order valence-electron chi connectivity index (χ4n) is 1.03. The molecular formula is C9H5BrClN3OS. The molecule has 2 aromatic heterocycles. The third kappa shape index (κ3) is 2.58. The average molecular weight is 319 g/mol. The molecule has 2 heterocycles. The highest BCUT2D eigenvalue weighted by Gasteiger charge is 2.12. The predicted octanol–water partition coefficient (Wildman–Crippen LogP) is 3.21. The molecule has 0 aromatic carbocycles. The Balaban J connectivity index is 2.17. The molecule has 2 rings (SSSR count). The quantitative estimate of drug-likeness (QED) is 0.865. The number of hydrogen-bond acceptors (Lipinski definition) is 4. The van der Waals surface area contributed by atoms with Crippen molar-refractivity contribution in [2.24, 2.45) is 0 Å². The molecule has 1 amide bonds. The van der Waals surface area contributed by atoms with Crippen molar-refractivity contribution in [3.63, 3.8) is 0 Å². The second-order valence-corrected chi connectivity index (χ2v) is 4.94. The molecule has 0 spiro atoms. The lowest BCUT2D eigenvalue weighted by Crippen LogP contribution is -2.11. The normalized spacial score (nSPS) is 10.1. The first kappa shape index (κ1) is 11.5. The van der Waals surface area contributed by atoms with E-state index < -0.39 is 0 Å². The molecule has 1 N–H and O–H groups in total. The number of aromatic nitrogens is 2. The Hall–Kier alpha value is -0.980. The van der Waals surface area contributed by atoms with E-state index in [1.165, 1.54) is 23.7 Å². The van der Waals surface area contributed by atoms with Crippen LogP contribution in [0.1, 0.15) is 9.67 Å². The first-order chi connectivity index (χ1) is 7.66. The standard InChI is InChI=1S/C9H5BrClN3OS/c10-5-1-2-16-8(5)9(15)14-7-3-6(11)12-4-13-7/h1-4H,(H,12,13,14,15). The summed E-state index contributed by atoms with van der Waals surface area (Å²) in [7, 11) is 0. The van der Waals surface area contributed by atoms with E-state index in [-0.39, 0.29) is 11.1 Å². The van der Waals surface area contributed by atoms with E-state index in [0.717, 1.165) is 4.47 Å². The van der Waals surface area contributed by atoms with E-state index in [4.69, 9.17) is 11.6 Å².